The van der Waals surface area contributed by atoms with Crippen LogP contribution in [-0.2, 0) is 4.79 Å². The highest BCUT2D eigenvalue weighted by Crippen LogP contribution is 2.23. The number of carbonyl (C=O) groups excluding carboxylic acids is 1. The number of ether oxygens (including phenoxy) is 3. The van der Waals surface area contributed by atoms with Crippen LogP contribution >= 0.6 is 0 Å². The molecule has 6 heteroatoms. The molecule has 0 fully saturated rings. The number of nitrogens with one attached hydrogen (secondary N) is 1. The van der Waals surface area contributed by atoms with Crippen molar-refractivity contribution in [2.45, 2.75) is 20.0 Å². The lowest BCUT2D eigenvalue weighted by Crippen LogP contribution is -2.33. The van der Waals surface area contributed by atoms with E-state index in [4.69, 9.17) is 14.2 Å². The molecule has 0 aliphatic carbocycles. The van der Waals surface area contributed by atoms with Gasteiger partial charge in [0.2, 0.25) is 0 Å². The number of carbonyl (C=O) groups is 1. The monoisotopic (exact) mass is 392 g/mol. The Hall–Kier alpha value is -3.54. The summed E-state index contributed by atoms with van der Waals surface area (Å²) in [5.41, 5.74) is 3.21. The smallest absolute Gasteiger partial charge is 0.280 e. The van der Waals surface area contributed by atoms with Gasteiger partial charge in [0.15, 0.2) is 6.10 Å². The summed E-state index contributed by atoms with van der Waals surface area (Å²) in [7, 11) is 1.59. The molecule has 0 aliphatic rings. The van der Waals surface area contributed by atoms with Crippen LogP contribution in [0.5, 0.6) is 17.2 Å². The van der Waals surface area contributed by atoms with Crippen molar-refractivity contribution < 1.29 is 19.0 Å². The average molecular weight is 392 g/mol. The van der Waals surface area contributed by atoms with Crippen LogP contribution in [0.2, 0.25) is 0 Å². The van der Waals surface area contributed by atoms with Gasteiger partial charge in [-0.15, -0.1) is 0 Å². The topological polar surface area (TPSA) is 69.2 Å². The second kappa shape index (κ2) is 9.59. The van der Waals surface area contributed by atoms with E-state index in [1.165, 1.54) is 6.21 Å². The Balaban J connectivity index is 1.63. The molecular formula is C23H24N2O4. The summed E-state index contributed by atoms with van der Waals surface area (Å²) in [6.07, 6.45) is 0.818. The normalized spacial score (nSPS) is 12.0. The molecule has 29 heavy (non-hydrogen) atoms. The number of amides is 1. The van der Waals surface area contributed by atoms with Crippen molar-refractivity contribution >= 4 is 22.9 Å². The van der Waals surface area contributed by atoms with Crippen LogP contribution in [0.1, 0.15) is 19.4 Å². The Labute approximate surface area is 170 Å². The van der Waals surface area contributed by atoms with E-state index in [0.29, 0.717) is 29.4 Å². The van der Waals surface area contributed by atoms with Gasteiger partial charge in [0, 0.05) is 5.56 Å². The predicted octanol–water partition coefficient (Wildman–Crippen LogP) is 4.16. The van der Waals surface area contributed by atoms with Gasteiger partial charge in [-0.25, -0.2) is 5.43 Å². The minimum absolute atomic E-state index is 0.352. The Bertz CT molecular complexity index is 1020. The second-order valence-electron chi connectivity index (χ2n) is 6.34. The van der Waals surface area contributed by atoms with Crippen molar-refractivity contribution in [3.63, 3.8) is 0 Å². The molecule has 0 heterocycles. The number of benzene rings is 3. The zero-order chi connectivity index (χ0) is 20.6. The maximum atomic E-state index is 12.3. The van der Waals surface area contributed by atoms with Gasteiger partial charge in [-0.1, -0.05) is 30.3 Å². The van der Waals surface area contributed by atoms with Crippen molar-refractivity contribution in [3.8, 4) is 17.2 Å². The van der Waals surface area contributed by atoms with Crippen molar-refractivity contribution in [1.29, 1.82) is 0 Å². The van der Waals surface area contributed by atoms with Gasteiger partial charge in [0.05, 0.1) is 19.9 Å². The van der Waals surface area contributed by atoms with Crippen molar-refractivity contribution in [2.24, 2.45) is 5.10 Å². The van der Waals surface area contributed by atoms with Crippen LogP contribution in [0, 0.1) is 0 Å². The number of hydrogen-bond acceptors (Lipinski definition) is 5. The Kier molecular flexibility index (Phi) is 6.68. The minimum atomic E-state index is -0.704. The number of nitrogens with zero attached hydrogens (tertiary/aromatic N) is 1. The first-order chi connectivity index (χ1) is 14.1. The molecule has 6 nitrogen and oxygen atoms in total. The summed E-state index contributed by atoms with van der Waals surface area (Å²) in [5.74, 6) is 1.61. The molecule has 150 valence electrons. The molecule has 0 saturated carbocycles. The van der Waals surface area contributed by atoms with Crippen molar-refractivity contribution in [2.75, 3.05) is 13.7 Å². The molecule has 0 spiro atoms. The number of hydrogen-bond donors (Lipinski definition) is 1. The van der Waals surface area contributed by atoms with E-state index in [1.807, 2.05) is 49.4 Å². The third-order valence-electron chi connectivity index (χ3n) is 4.30. The molecule has 1 amide bonds. The standard InChI is InChI=1S/C23H24N2O4/c1-4-28-22-12-11-20(27-3)14-19(22)15-24-25-23(26)16(2)29-21-10-9-17-7-5-6-8-18(17)13-21/h5-16H,4H2,1-3H3,(H,25,26)/b24-15+. The quantitative estimate of drug-likeness (QED) is 0.462. The van der Waals surface area contributed by atoms with E-state index in [-0.39, 0.29) is 5.91 Å². The van der Waals surface area contributed by atoms with E-state index in [2.05, 4.69) is 10.5 Å². The van der Waals surface area contributed by atoms with Crippen LogP contribution in [0.3, 0.4) is 0 Å². The number of hydrazone groups is 1. The molecule has 1 atom stereocenters. The lowest BCUT2D eigenvalue weighted by atomic mass is 10.1. The van der Waals surface area contributed by atoms with Crippen molar-refractivity contribution in [3.05, 3.63) is 66.2 Å². The van der Waals surface area contributed by atoms with E-state index in [9.17, 15) is 4.79 Å². The van der Waals surface area contributed by atoms with E-state index in [0.717, 1.165) is 10.8 Å². The molecule has 3 rings (SSSR count). The fourth-order valence-corrected chi connectivity index (χ4v) is 2.80. The van der Waals surface area contributed by atoms with Gasteiger partial charge in [-0.05, 0) is 55.0 Å². The lowest BCUT2D eigenvalue weighted by Gasteiger charge is -2.13. The van der Waals surface area contributed by atoms with Crippen LogP contribution < -0.4 is 19.6 Å². The fourth-order valence-electron chi connectivity index (χ4n) is 2.80. The largest absolute Gasteiger partial charge is 0.497 e. The Morgan fingerprint density at radius 1 is 1.07 bits per heavy atom. The SMILES string of the molecule is CCOc1ccc(OC)cc1/C=N/NC(=O)C(C)Oc1ccc2ccccc2c1. The molecule has 0 bridgehead atoms. The van der Waals surface area contributed by atoms with Crippen LogP contribution in [0.4, 0.5) is 0 Å². The zero-order valence-electron chi connectivity index (χ0n) is 16.7. The summed E-state index contributed by atoms with van der Waals surface area (Å²) in [6.45, 7) is 4.10. The average Bonchev–Trinajstić information content (AvgIpc) is 2.74. The molecule has 0 radical (unpaired) electrons. The minimum Gasteiger partial charge on any atom is -0.497 e. The molecule has 0 saturated heterocycles. The molecule has 0 aliphatic heterocycles. The summed E-state index contributed by atoms with van der Waals surface area (Å²) in [5, 5.41) is 6.20. The maximum absolute atomic E-state index is 12.3. The first-order valence-corrected chi connectivity index (χ1v) is 9.40. The van der Waals surface area contributed by atoms with Gasteiger partial charge in [0.25, 0.3) is 5.91 Å². The predicted molar refractivity (Wildman–Crippen MR) is 114 cm³/mol. The van der Waals surface area contributed by atoms with Crippen LogP contribution in [0.15, 0.2) is 65.8 Å². The zero-order valence-corrected chi connectivity index (χ0v) is 16.7. The van der Waals surface area contributed by atoms with Gasteiger partial charge in [0.1, 0.15) is 17.2 Å². The van der Waals surface area contributed by atoms with Gasteiger partial charge in [-0.3, -0.25) is 4.79 Å². The van der Waals surface area contributed by atoms with E-state index < -0.39 is 6.10 Å². The third-order valence-corrected chi connectivity index (χ3v) is 4.30. The number of fused-ring (bicyclic) bond motifs is 1. The van der Waals surface area contributed by atoms with Crippen molar-refractivity contribution in [1.82, 2.24) is 5.43 Å². The highest BCUT2D eigenvalue weighted by Gasteiger charge is 2.14. The van der Waals surface area contributed by atoms with Crippen LogP contribution in [-0.4, -0.2) is 31.9 Å². The first kappa shape index (κ1) is 20.2. The molecule has 3 aromatic rings. The highest BCUT2D eigenvalue weighted by atomic mass is 16.5. The number of methoxy groups -OCH3 is 1. The van der Waals surface area contributed by atoms with Gasteiger partial charge < -0.3 is 14.2 Å². The summed E-state index contributed by atoms with van der Waals surface area (Å²) < 4.78 is 16.6. The van der Waals surface area contributed by atoms with E-state index in [1.54, 1.807) is 32.2 Å². The second-order valence-corrected chi connectivity index (χ2v) is 6.34. The van der Waals surface area contributed by atoms with Gasteiger partial charge in [-0.2, -0.15) is 5.10 Å². The Morgan fingerprint density at radius 2 is 1.83 bits per heavy atom. The molecule has 3 aromatic carbocycles. The summed E-state index contributed by atoms with van der Waals surface area (Å²) in [4.78, 5) is 12.3. The first-order valence-electron chi connectivity index (χ1n) is 9.40. The highest BCUT2D eigenvalue weighted by molar-refractivity contribution is 5.87. The molecular weight excluding hydrogens is 368 g/mol. The van der Waals surface area contributed by atoms with E-state index >= 15 is 0 Å². The Morgan fingerprint density at radius 3 is 2.59 bits per heavy atom. The lowest BCUT2D eigenvalue weighted by molar-refractivity contribution is -0.127. The maximum Gasteiger partial charge on any atom is 0.280 e. The van der Waals surface area contributed by atoms with Crippen LogP contribution in [0.25, 0.3) is 10.8 Å². The molecule has 1 unspecified atom stereocenters. The molecule has 1 N–H and O–H groups in total. The molecule has 0 aromatic heterocycles. The third kappa shape index (κ3) is 5.25. The summed E-state index contributed by atoms with van der Waals surface area (Å²) >= 11 is 0. The number of rotatable bonds is 8. The fraction of sp³-hybridized carbons (Fsp3) is 0.217. The van der Waals surface area contributed by atoms with Gasteiger partial charge >= 0.3 is 0 Å². The summed E-state index contributed by atoms with van der Waals surface area (Å²) in [6, 6.07) is 19.1.